The van der Waals surface area contributed by atoms with E-state index >= 15 is 0 Å². The van der Waals surface area contributed by atoms with Gasteiger partial charge in [-0.25, -0.2) is 0 Å². The van der Waals surface area contributed by atoms with Gasteiger partial charge in [0.2, 0.25) is 0 Å². The van der Waals surface area contributed by atoms with Crippen LogP contribution >= 0.6 is 0 Å². The van der Waals surface area contributed by atoms with E-state index < -0.39 is 0 Å². The van der Waals surface area contributed by atoms with Crippen molar-refractivity contribution in [3.63, 3.8) is 0 Å². The molecule has 85 valence electrons. The van der Waals surface area contributed by atoms with E-state index in [2.05, 4.69) is 54.1 Å². The van der Waals surface area contributed by atoms with Crippen molar-refractivity contribution < 1.29 is 24.7 Å². The standard InChI is InChI=1S/C16H17.Zr/c1-12(2)13(3)16(14-8-4-5-9-14)15-10-6-7-11-15;/h1,4-8,10H,9,11H2,2-3H3;. The molecule has 2 rings (SSSR count). The SMILES string of the molecule is CC(=[CH][Zr])C(C)=C(C1=CC=CC1)C1=CC=CC1. The fourth-order valence-corrected chi connectivity index (χ4v) is 2.79. The minimum absolute atomic E-state index is 1.08. The fraction of sp³-hybridized carbons (Fsp3) is 0.250. The zero-order valence-electron chi connectivity index (χ0n) is 10.5. The van der Waals surface area contributed by atoms with E-state index in [0.29, 0.717) is 0 Å². The van der Waals surface area contributed by atoms with Crippen LogP contribution in [0.25, 0.3) is 0 Å². The maximum absolute atomic E-state index is 2.29. The van der Waals surface area contributed by atoms with Gasteiger partial charge in [-0.15, -0.1) is 0 Å². The van der Waals surface area contributed by atoms with Crippen LogP contribution in [-0.4, -0.2) is 0 Å². The van der Waals surface area contributed by atoms with E-state index in [1.165, 1.54) is 52.6 Å². The Labute approximate surface area is 119 Å². The van der Waals surface area contributed by atoms with E-state index in [1.54, 1.807) is 0 Å². The first kappa shape index (κ1) is 12.8. The molecule has 0 unspecified atom stereocenters. The predicted octanol–water partition coefficient (Wildman–Crippen LogP) is 4.53. The summed E-state index contributed by atoms with van der Waals surface area (Å²) in [5.74, 6) is 0. The molecule has 0 radical (unpaired) electrons. The van der Waals surface area contributed by atoms with Crippen LogP contribution in [0.3, 0.4) is 0 Å². The Morgan fingerprint density at radius 1 is 1.06 bits per heavy atom. The van der Waals surface area contributed by atoms with E-state index in [-0.39, 0.29) is 0 Å². The molecule has 0 fully saturated rings. The van der Waals surface area contributed by atoms with Gasteiger partial charge in [-0.1, -0.05) is 0 Å². The first-order valence-corrected chi connectivity index (χ1v) is 7.43. The predicted molar refractivity (Wildman–Crippen MR) is 70.1 cm³/mol. The van der Waals surface area contributed by atoms with Crippen molar-refractivity contribution in [2.45, 2.75) is 26.7 Å². The number of allylic oxidation sites excluding steroid dienone is 11. The monoisotopic (exact) mass is 299 g/mol. The molecule has 0 spiro atoms. The Morgan fingerprint density at radius 3 is 1.94 bits per heavy atom. The van der Waals surface area contributed by atoms with E-state index in [9.17, 15) is 0 Å². The Balaban J connectivity index is 2.44. The molecule has 0 aromatic carbocycles. The molecule has 0 atom stereocenters. The molecule has 0 heterocycles. The molecule has 0 amide bonds. The van der Waals surface area contributed by atoms with Gasteiger partial charge in [-0.3, -0.25) is 0 Å². The Hall–Kier alpha value is -0.677. The molecular formula is C16H17Zr. The molecule has 0 aliphatic heterocycles. The molecule has 0 saturated heterocycles. The summed E-state index contributed by atoms with van der Waals surface area (Å²) in [5, 5.41) is 0. The normalized spacial score (nSPS) is 18.3. The third kappa shape index (κ3) is 2.77. The molecule has 0 bridgehead atoms. The van der Waals surface area contributed by atoms with Gasteiger partial charge in [0.15, 0.2) is 0 Å². The average molecular weight is 301 g/mol. The number of hydrogen-bond donors (Lipinski definition) is 0. The second-order valence-corrected chi connectivity index (χ2v) is 5.19. The summed E-state index contributed by atoms with van der Waals surface area (Å²) in [6.45, 7) is 4.47. The van der Waals surface area contributed by atoms with Gasteiger partial charge in [0.25, 0.3) is 0 Å². The number of hydrogen-bond acceptors (Lipinski definition) is 0. The zero-order chi connectivity index (χ0) is 12.3. The van der Waals surface area contributed by atoms with Gasteiger partial charge < -0.3 is 0 Å². The third-order valence-corrected chi connectivity index (χ3v) is 4.43. The van der Waals surface area contributed by atoms with Crippen molar-refractivity contribution >= 4 is 0 Å². The van der Waals surface area contributed by atoms with E-state index in [1.807, 2.05) is 0 Å². The first-order chi connectivity index (χ1) is 8.24. The van der Waals surface area contributed by atoms with E-state index in [4.69, 9.17) is 0 Å². The van der Waals surface area contributed by atoms with Crippen LogP contribution in [0.1, 0.15) is 26.7 Å². The van der Waals surface area contributed by atoms with Crippen molar-refractivity contribution in [3.05, 3.63) is 68.1 Å². The van der Waals surface area contributed by atoms with E-state index in [0.717, 1.165) is 12.8 Å². The van der Waals surface area contributed by atoms with Crippen molar-refractivity contribution in [1.29, 1.82) is 0 Å². The van der Waals surface area contributed by atoms with Crippen LogP contribution in [0.15, 0.2) is 68.1 Å². The van der Waals surface area contributed by atoms with Gasteiger partial charge in [0.1, 0.15) is 0 Å². The molecule has 0 aromatic rings. The second-order valence-electron chi connectivity index (χ2n) is 4.48. The van der Waals surface area contributed by atoms with Crippen LogP contribution in [0.4, 0.5) is 0 Å². The summed E-state index contributed by atoms with van der Waals surface area (Å²) in [6.07, 6.45) is 15.5. The van der Waals surface area contributed by atoms with Gasteiger partial charge in [0, 0.05) is 0 Å². The molecule has 0 N–H and O–H groups in total. The quantitative estimate of drug-likeness (QED) is 0.672. The summed E-state index contributed by atoms with van der Waals surface area (Å²) in [7, 11) is 0. The number of rotatable bonds is 3. The zero-order valence-corrected chi connectivity index (χ0v) is 12.9. The Bertz CT molecular complexity index is 462. The fourth-order valence-electron chi connectivity index (χ4n) is 2.26. The maximum atomic E-state index is 2.29. The van der Waals surface area contributed by atoms with Gasteiger partial charge >= 0.3 is 120 Å². The first-order valence-electron chi connectivity index (χ1n) is 6.01. The topological polar surface area (TPSA) is 0 Å². The molecule has 1 heteroatoms. The summed E-state index contributed by atoms with van der Waals surface area (Å²) in [6, 6.07) is 0. The molecule has 2 aliphatic rings. The molecule has 0 aromatic heterocycles. The van der Waals surface area contributed by atoms with Crippen LogP contribution in [-0.2, 0) is 24.7 Å². The van der Waals surface area contributed by atoms with Crippen LogP contribution in [0.2, 0.25) is 0 Å². The molecular weight excluding hydrogens is 283 g/mol. The van der Waals surface area contributed by atoms with Crippen molar-refractivity contribution in [3.8, 4) is 0 Å². The molecule has 0 saturated carbocycles. The summed E-state index contributed by atoms with van der Waals surface area (Å²) >= 11 is 1.47. The summed E-state index contributed by atoms with van der Waals surface area (Å²) in [4.78, 5) is 0. The van der Waals surface area contributed by atoms with Crippen LogP contribution in [0.5, 0.6) is 0 Å². The van der Waals surface area contributed by atoms with Gasteiger partial charge in [0.05, 0.1) is 0 Å². The summed E-state index contributed by atoms with van der Waals surface area (Å²) < 4.78 is 2.29. The van der Waals surface area contributed by atoms with Gasteiger partial charge in [-0.2, -0.15) is 0 Å². The Morgan fingerprint density at radius 2 is 1.59 bits per heavy atom. The van der Waals surface area contributed by atoms with Crippen molar-refractivity contribution in [1.82, 2.24) is 0 Å². The molecule has 2 aliphatic carbocycles. The third-order valence-electron chi connectivity index (χ3n) is 3.37. The van der Waals surface area contributed by atoms with Crippen molar-refractivity contribution in [2.24, 2.45) is 0 Å². The average Bonchev–Trinajstić information content (AvgIpc) is 3.01. The van der Waals surface area contributed by atoms with Crippen molar-refractivity contribution in [2.75, 3.05) is 0 Å². The van der Waals surface area contributed by atoms with Crippen LogP contribution in [0, 0.1) is 0 Å². The Kier molecular flexibility index (Phi) is 4.34. The second kappa shape index (κ2) is 5.78. The molecule has 0 nitrogen and oxygen atoms in total. The molecule has 17 heavy (non-hydrogen) atoms. The minimum atomic E-state index is 1.08. The van der Waals surface area contributed by atoms with Crippen LogP contribution < -0.4 is 0 Å². The summed E-state index contributed by atoms with van der Waals surface area (Å²) in [5.41, 5.74) is 7.26. The van der Waals surface area contributed by atoms with Gasteiger partial charge in [-0.05, 0) is 0 Å².